The van der Waals surface area contributed by atoms with E-state index >= 15 is 0 Å². The number of aryl methyl sites for hydroxylation is 1. The molecule has 0 heterocycles. The molecule has 0 saturated heterocycles. The van der Waals surface area contributed by atoms with Gasteiger partial charge in [0.1, 0.15) is 5.75 Å². The van der Waals surface area contributed by atoms with Crippen LogP contribution in [0, 0.1) is 6.92 Å². The number of nitrogens with one attached hydrogen (secondary N) is 1. The van der Waals surface area contributed by atoms with Crippen molar-refractivity contribution >= 4 is 33.2 Å². The number of halogens is 1. The number of hydrogen-bond donors (Lipinski definition) is 2. The van der Waals surface area contributed by atoms with Gasteiger partial charge in [-0.25, -0.2) is 13.6 Å². The van der Waals surface area contributed by atoms with E-state index in [1.165, 1.54) is 0 Å². The number of sulfonamides is 1. The minimum absolute atomic E-state index is 0.138. The SMILES string of the molecule is Cc1cc(Cl)ccc1OCCCC(=O)Nc1ccc(CS(N)(=O)=O)cc1. The summed E-state index contributed by atoms with van der Waals surface area (Å²) in [5.74, 6) is 0.378. The Morgan fingerprint density at radius 2 is 1.88 bits per heavy atom. The molecule has 0 aliphatic rings. The molecule has 8 heteroatoms. The number of benzene rings is 2. The molecule has 0 saturated carbocycles. The van der Waals surface area contributed by atoms with Crippen LogP contribution < -0.4 is 15.2 Å². The van der Waals surface area contributed by atoms with Crippen molar-refractivity contribution in [1.29, 1.82) is 0 Å². The molecule has 1 amide bonds. The third-order valence-electron chi connectivity index (χ3n) is 3.55. The molecule has 0 bridgehead atoms. The van der Waals surface area contributed by atoms with Gasteiger partial charge >= 0.3 is 0 Å². The number of amides is 1. The zero-order valence-electron chi connectivity index (χ0n) is 14.4. The molecule has 0 radical (unpaired) electrons. The van der Waals surface area contributed by atoms with Gasteiger partial charge in [0, 0.05) is 17.1 Å². The number of carbonyl (C=O) groups excluding carboxylic acids is 1. The zero-order valence-corrected chi connectivity index (χ0v) is 15.9. The molecule has 6 nitrogen and oxygen atoms in total. The summed E-state index contributed by atoms with van der Waals surface area (Å²) >= 11 is 5.89. The second-order valence-electron chi connectivity index (χ2n) is 5.91. The van der Waals surface area contributed by atoms with Gasteiger partial charge in [-0.05, 0) is 54.8 Å². The van der Waals surface area contributed by atoms with Crippen LogP contribution in [0.5, 0.6) is 5.75 Å². The van der Waals surface area contributed by atoms with Crippen LogP contribution in [0.4, 0.5) is 5.69 Å². The maximum atomic E-state index is 11.9. The average molecular weight is 397 g/mol. The zero-order chi connectivity index (χ0) is 19.2. The summed E-state index contributed by atoms with van der Waals surface area (Å²) in [4.78, 5) is 11.9. The molecule has 3 N–H and O–H groups in total. The highest BCUT2D eigenvalue weighted by molar-refractivity contribution is 7.88. The van der Waals surface area contributed by atoms with Crippen molar-refractivity contribution in [3.63, 3.8) is 0 Å². The summed E-state index contributed by atoms with van der Waals surface area (Å²) in [6.45, 7) is 2.33. The molecule has 0 atom stereocenters. The fourth-order valence-electron chi connectivity index (χ4n) is 2.33. The van der Waals surface area contributed by atoms with Crippen LogP contribution in [0.15, 0.2) is 42.5 Å². The van der Waals surface area contributed by atoms with Crippen LogP contribution in [0.3, 0.4) is 0 Å². The van der Waals surface area contributed by atoms with Crippen LogP contribution in [0.2, 0.25) is 5.02 Å². The maximum absolute atomic E-state index is 11.9. The Kier molecular flexibility index (Phi) is 7.02. The smallest absolute Gasteiger partial charge is 0.224 e. The van der Waals surface area contributed by atoms with Crippen molar-refractivity contribution in [3.8, 4) is 5.75 Å². The molecule has 2 aromatic carbocycles. The Bertz CT molecular complexity index is 867. The maximum Gasteiger partial charge on any atom is 0.224 e. The lowest BCUT2D eigenvalue weighted by Crippen LogP contribution is -2.15. The normalized spacial score (nSPS) is 11.2. The van der Waals surface area contributed by atoms with Crippen LogP contribution in [-0.4, -0.2) is 20.9 Å². The lowest BCUT2D eigenvalue weighted by atomic mass is 10.2. The van der Waals surface area contributed by atoms with E-state index in [0.717, 1.165) is 11.3 Å². The molecule has 140 valence electrons. The van der Waals surface area contributed by atoms with E-state index < -0.39 is 10.0 Å². The van der Waals surface area contributed by atoms with Crippen LogP contribution in [0.1, 0.15) is 24.0 Å². The molecule has 0 spiro atoms. The number of carbonyl (C=O) groups is 1. The minimum atomic E-state index is -3.57. The van der Waals surface area contributed by atoms with E-state index in [2.05, 4.69) is 5.32 Å². The van der Waals surface area contributed by atoms with Gasteiger partial charge in [-0.3, -0.25) is 4.79 Å². The van der Waals surface area contributed by atoms with Crippen LogP contribution in [-0.2, 0) is 20.6 Å². The molecule has 0 aromatic heterocycles. The predicted octanol–water partition coefficient (Wildman–Crippen LogP) is 3.23. The van der Waals surface area contributed by atoms with E-state index in [4.69, 9.17) is 21.5 Å². The Hall–Kier alpha value is -2.09. The first-order valence-electron chi connectivity index (χ1n) is 8.01. The Morgan fingerprint density at radius 1 is 1.19 bits per heavy atom. The predicted molar refractivity (Wildman–Crippen MR) is 103 cm³/mol. The standard InChI is InChI=1S/C18H21ClN2O4S/c1-13-11-15(19)6-9-17(13)25-10-2-3-18(22)21-16-7-4-14(5-8-16)12-26(20,23)24/h4-9,11H,2-3,10,12H2,1H3,(H,21,22)(H2,20,23,24). The fourth-order valence-corrected chi connectivity index (χ4v) is 3.21. The van der Waals surface area contributed by atoms with Gasteiger partial charge in [0.15, 0.2) is 0 Å². The summed E-state index contributed by atoms with van der Waals surface area (Å²) in [5.41, 5.74) is 2.11. The van der Waals surface area contributed by atoms with Crippen molar-refractivity contribution in [2.75, 3.05) is 11.9 Å². The summed E-state index contributed by atoms with van der Waals surface area (Å²) < 4.78 is 27.7. The van der Waals surface area contributed by atoms with Crippen molar-refractivity contribution in [2.45, 2.75) is 25.5 Å². The monoisotopic (exact) mass is 396 g/mol. The first kappa shape index (κ1) is 20.2. The highest BCUT2D eigenvalue weighted by Crippen LogP contribution is 2.22. The summed E-state index contributed by atoms with van der Waals surface area (Å²) in [7, 11) is -3.57. The van der Waals surface area contributed by atoms with Gasteiger partial charge in [-0.2, -0.15) is 0 Å². The number of primary sulfonamides is 1. The number of hydrogen-bond acceptors (Lipinski definition) is 4. The molecule has 0 aliphatic heterocycles. The number of anilines is 1. The summed E-state index contributed by atoms with van der Waals surface area (Å²) in [6.07, 6.45) is 0.878. The van der Waals surface area contributed by atoms with Gasteiger partial charge < -0.3 is 10.1 Å². The number of nitrogens with two attached hydrogens (primary N) is 1. The van der Waals surface area contributed by atoms with E-state index in [-0.39, 0.29) is 11.7 Å². The molecule has 0 aliphatic carbocycles. The van der Waals surface area contributed by atoms with Gasteiger partial charge in [-0.15, -0.1) is 0 Å². The minimum Gasteiger partial charge on any atom is -0.493 e. The lowest BCUT2D eigenvalue weighted by molar-refractivity contribution is -0.116. The molecular weight excluding hydrogens is 376 g/mol. The molecule has 0 unspecified atom stereocenters. The van der Waals surface area contributed by atoms with E-state index in [1.807, 2.05) is 13.0 Å². The molecule has 2 rings (SSSR count). The van der Waals surface area contributed by atoms with Crippen LogP contribution in [0.25, 0.3) is 0 Å². The van der Waals surface area contributed by atoms with E-state index in [1.54, 1.807) is 36.4 Å². The van der Waals surface area contributed by atoms with Crippen LogP contribution >= 0.6 is 11.6 Å². The van der Waals surface area contributed by atoms with Gasteiger partial charge in [0.25, 0.3) is 0 Å². The first-order chi connectivity index (χ1) is 12.2. The second kappa shape index (κ2) is 9.02. The Morgan fingerprint density at radius 3 is 2.50 bits per heavy atom. The molecule has 2 aromatic rings. The largest absolute Gasteiger partial charge is 0.493 e. The van der Waals surface area contributed by atoms with Crippen molar-refractivity contribution in [1.82, 2.24) is 0 Å². The second-order valence-corrected chi connectivity index (χ2v) is 7.96. The lowest BCUT2D eigenvalue weighted by Gasteiger charge is -2.10. The highest BCUT2D eigenvalue weighted by atomic mass is 35.5. The molecular formula is C18H21ClN2O4S. The topological polar surface area (TPSA) is 98.5 Å². The fraction of sp³-hybridized carbons (Fsp3) is 0.278. The Balaban J connectivity index is 1.74. The quantitative estimate of drug-likeness (QED) is 0.669. The van der Waals surface area contributed by atoms with Crippen molar-refractivity contribution in [2.24, 2.45) is 5.14 Å². The van der Waals surface area contributed by atoms with Gasteiger partial charge in [-0.1, -0.05) is 23.7 Å². The summed E-state index contributed by atoms with van der Waals surface area (Å²) in [5, 5.41) is 8.41. The first-order valence-corrected chi connectivity index (χ1v) is 10.1. The summed E-state index contributed by atoms with van der Waals surface area (Å²) in [6, 6.07) is 11.9. The Labute approximate surface area is 158 Å². The number of rotatable bonds is 8. The third kappa shape index (κ3) is 7.03. The van der Waals surface area contributed by atoms with Gasteiger partial charge in [0.2, 0.25) is 15.9 Å². The van der Waals surface area contributed by atoms with E-state index in [0.29, 0.717) is 35.7 Å². The van der Waals surface area contributed by atoms with Crippen molar-refractivity contribution in [3.05, 3.63) is 58.6 Å². The molecule has 0 fully saturated rings. The van der Waals surface area contributed by atoms with Crippen molar-refractivity contribution < 1.29 is 17.9 Å². The average Bonchev–Trinajstić information content (AvgIpc) is 2.54. The molecule has 26 heavy (non-hydrogen) atoms. The highest BCUT2D eigenvalue weighted by Gasteiger charge is 2.07. The third-order valence-corrected chi connectivity index (χ3v) is 4.52. The van der Waals surface area contributed by atoms with Gasteiger partial charge in [0.05, 0.1) is 12.4 Å². The number of ether oxygens (including phenoxy) is 1. The van der Waals surface area contributed by atoms with E-state index in [9.17, 15) is 13.2 Å².